The van der Waals surface area contributed by atoms with E-state index in [2.05, 4.69) is 55.3 Å². The van der Waals surface area contributed by atoms with Gasteiger partial charge in [-0.1, -0.05) is 45.0 Å². The Balaban J connectivity index is 1.70. The molecule has 0 bridgehead atoms. The molecule has 3 rings (SSSR count). The number of carbonyl (C=O) groups is 1. The number of ether oxygens (including phenoxy) is 1. The van der Waals surface area contributed by atoms with Crippen molar-refractivity contribution in [2.75, 3.05) is 7.11 Å². The molecule has 0 atom stereocenters. The summed E-state index contributed by atoms with van der Waals surface area (Å²) in [5, 5.41) is 2.97. The van der Waals surface area contributed by atoms with Gasteiger partial charge in [-0.2, -0.15) is 0 Å². The number of carbonyl (C=O) groups excluding carboxylic acids is 1. The van der Waals surface area contributed by atoms with Crippen molar-refractivity contribution in [2.24, 2.45) is 0 Å². The van der Waals surface area contributed by atoms with Crippen LogP contribution in [0.1, 0.15) is 48.0 Å². The lowest BCUT2D eigenvalue weighted by Gasteiger charge is -2.19. The van der Waals surface area contributed by atoms with Gasteiger partial charge >= 0.3 is 0 Å². The predicted octanol–water partition coefficient (Wildman–Crippen LogP) is 4.42. The van der Waals surface area contributed by atoms with E-state index in [1.165, 1.54) is 5.56 Å². The lowest BCUT2D eigenvalue weighted by Crippen LogP contribution is -2.23. The van der Waals surface area contributed by atoms with Gasteiger partial charge in [-0.25, -0.2) is 4.98 Å². The molecule has 0 saturated heterocycles. The first-order valence-corrected chi connectivity index (χ1v) is 9.34. The molecule has 1 N–H and O–H groups in total. The Hall–Kier alpha value is -3.08. The molecule has 1 aromatic heterocycles. The number of nitrogens with one attached hydrogen (secondary N) is 1. The first kappa shape index (κ1) is 19.7. The average Bonchev–Trinajstić information content (AvgIpc) is 3.11. The van der Waals surface area contributed by atoms with Crippen LogP contribution < -0.4 is 10.1 Å². The summed E-state index contributed by atoms with van der Waals surface area (Å²) in [6.07, 6.45) is 3.65. The van der Waals surface area contributed by atoms with E-state index < -0.39 is 0 Å². The Labute approximate surface area is 166 Å². The molecule has 0 unspecified atom stereocenters. The number of rotatable bonds is 5. The van der Waals surface area contributed by atoms with Gasteiger partial charge in [-0.15, -0.1) is 0 Å². The van der Waals surface area contributed by atoms with Crippen molar-refractivity contribution in [3.63, 3.8) is 0 Å². The van der Waals surface area contributed by atoms with E-state index in [0.29, 0.717) is 17.9 Å². The number of methoxy groups -OCH3 is 1. The molecule has 0 aliphatic rings. The molecule has 0 saturated carbocycles. The fourth-order valence-corrected chi connectivity index (χ4v) is 2.99. The number of aryl methyl sites for hydroxylation is 1. The minimum atomic E-state index is -0.133. The highest BCUT2D eigenvalue weighted by Gasteiger charge is 2.14. The van der Waals surface area contributed by atoms with Crippen molar-refractivity contribution in [1.82, 2.24) is 14.9 Å². The highest BCUT2D eigenvalue weighted by atomic mass is 16.5. The summed E-state index contributed by atoms with van der Waals surface area (Å²) in [5.41, 5.74) is 4.78. The van der Waals surface area contributed by atoms with E-state index in [-0.39, 0.29) is 11.3 Å². The van der Waals surface area contributed by atoms with Crippen LogP contribution in [0.4, 0.5) is 0 Å². The number of hydrogen-bond acceptors (Lipinski definition) is 3. The van der Waals surface area contributed by atoms with Crippen molar-refractivity contribution in [1.29, 1.82) is 0 Å². The molecule has 0 fully saturated rings. The zero-order valence-corrected chi connectivity index (χ0v) is 17.1. The molecule has 0 radical (unpaired) electrons. The van der Waals surface area contributed by atoms with Gasteiger partial charge in [0.2, 0.25) is 0 Å². The van der Waals surface area contributed by atoms with Gasteiger partial charge in [0.05, 0.1) is 24.8 Å². The smallest absolute Gasteiger partial charge is 0.251 e. The third kappa shape index (κ3) is 4.42. The predicted molar refractivity (Wildman–Crippen MR) is 111 cm³/mol. The van der Waals surface area contributed by atoms with Crippen LogP contribution >= 0.6 is 0 Å². The minimum absolute atomic E-state index is 0.119. The maximum Gasteiger partial charge on any atom is 0.251 e. The number of amides is 1. The second kappa shape index (κ2) is 7.89. The highest BCUT2D eigenvalue weighted by molar-refractivity contribution is 5.95. The molecule has 1 amide bonds. The molecular formula is C23H27N3O2. The zero-order chi connectivity index (χ0) is 20.3. The summed E-state index contributed by atoms with van der Waals surface area (Å²) in [6.45, 7) is 8.97. The third-order valence-electron chi connectivity index (χ3n) is 4.70. The van der Waals surface area contributed by atoms with Gasteiger partial charge in [-0.3, -0.25) is 4.79 Å². The number of benzene rings is 2. The molecule has 28 heavy (non-hydrogen) atoms. The van der Waals surface area contributed by atoms with Crippen molar-refractivity contribution >= 4 is 5.91 Å². The lowest BCUT2D eigenvalue weighted by molar-refractivity contribution is 0.0950. The summed E-state index contributed by atoms with van der Waals surface area (Å²) in [5.74, 6) is 0.492. The Morgan fingerprint density at radius 1 is 1.14 bits per heavy atom. The average molecular weight is 377 g/mol. The normalized spacial score (nSPS) is 11.3. The van der Waals surface area contributed by atoms with Crippen molar-refractivity contribution in [3.8, 4) is 11.4 Å². The lowest BCUT2D eigenvalue weighted by atomic mass is 9.87. The molecule has 0 aliphatic heterocycles. The Morgan fingerprint density at radius 2 is 1.86 bits per heavy atom. The Morgan fingerprint density at radius 3 is 2.43 bits per heavy atom. The van der Waals surface area contributed by atoms with Crippen LogP contribution in [0.25, 0.3) is 5.69 Å². The van der Waals surface area contributed by atoms with Crippen molar-refractivity contribution in [2.45, 2.75) is 39.7 Å². The van der Waals surface area contributed by atoms with Crippen LogP contribution in [-0.4, -0.2) is 22.6 Å². The summed E-state index contributed by atoms with van der Waals surface area (Å²) < 4.78 is 7.36. The van der Waals surface area contributed by atoms with Crippen LogP contribution in [0.5, 0.6) is 5.75 Å². The summed E-state index contributed by atoms with van der Waals surface area (Å²) in [7, 11) is 1.60. The first-order valence-electron chi connectivity index (χ1n) is 9.34. The fourth-order valence-electron chi connectivity index (χ4n) is 2.99. The van der Waals surface area contributed by atoms with Gasteiger partial charge in [0, 0.05) is 18.3 Å². The van der Waals surface area contributed by atoms with Crippen LogP contribution in [-0.2, 0) is 12.0 Å². The van der Waals surface area contributed by atoms with E-state index in [4.69, 9.17) is 4.74 Å². The van der Waals surface area contributed by atoms with E-state index >= 15 is 0 Å². The Kier molecular flexibility index (Phi) is 5.54. The van der Waals surface area contributed by atoms with E-state index in [0.717, 1.165) is 16.9 Å². The third-order valence-corrected chi connectivity index (χ3v) is 4.70. The van der Waals surface area contributed by atoms with Gasteiger partial charge in [0.1, 0.15) is 5.75 Å². The summed E-state index contributed by atoms with van der Waals surface area (Å²) in [4.78, 5) is 16.8. The number of nitrogens with zero attached hydrogens (tertiary/aromatic N) is 2. The van der Waals surface area contributed by atoms with Crippen LogP contribution in [0.2, 0.25) is 0 Å². The van der Waals surface area contributed by atoms with Crippen LogP contribution in [0.3, 0.4) is 0 Å². The first-order chi connectivity index (χ1) is 13.3. The number of aromatic nitrogens is 2. The summed E-state index contributed by atoms with van der Waals surface area (Å²) in [6, 6.07) is 13.8. The largest absolute Gasteiger partial charge is 0.495 e. The van der Waals surface area contributed by atoms with E-state index in [1.54, 1.807) is 25.6 Å². The van der Waals surface area contributed by atoms with Gasteiger partial charge in [0.15, 0.2) is 0 Å². The molecule has 3 aromatic rings. The molecular weight excluding hydrogens is 350 g/mol. The van der Waals surface area contributed by atoms with Gasteiger partial charge in [0.25, 0.3) is 5.91 Å². The van der Waals surface area contributed by atoms with E-state index in [1.807, 2.05) is 23.8 Å². The highest BCUT2D eigenvalue weighted by Crippen LogP contribution is 2.25. The Bertz CT molecular complexity index is 966. The minimum Gasteiger partial charge on any atom is -0.495 e. The standard InChI is InChI=1S/C23H27N3O2/c1-16-14-26(15-25-16)20-11-8-18(12-21(20)28-5)22(27)24-13-17-6-9-19(10-7-17)23(2,3)4/h6-12,14-15H,13H2,1-5H3,(H,24,27). The molecule has 146 valence electrons. The molecule has 5 nitrogen and oxygen atoms in total. The molecule has 0 spiro atoms. The van der Waals surface area contributed by atoms with Gasteiger partial charge < -0.3 is 14.6 Å². The maximum absolute atomic E-state index is 12.6. The van der Waals surface area contributed by atoms with E-state index in [9.17, 15) is 4.79 Å². The fraction of sp³-hybridized carbons (Fsp3) is 0.304. The molecule has 0 aliphatic carbocycles. The number of hydrogen-bond donors (Lipinski definition) is 1. The quantitative estimate of drug-likeness (QED) is 0.716. The molecule has 1 heterocycles. The second-order valence-corrected chi connectivity index (χ2v) is 7.94. The monoisotopic (exact) mass is 377 g/mol. The second-order valence-electron chi connectivity index (χ2n) is 7.94. The van der Waals surface area contributed by atoms with Crippen molar-refractivity contribution < 1.29 is 9.53 Å². The van der Waals surface area contributed by atoms with Crippen molar-refractivity contribution in [3.05, 3.63) is 77.4 Å². The van der Waals surface area contributed by atoms with Crippen LogP contribution in [0, 0.1) is 6.92 Å². The summed E-state index contributed by atoms with van der Waals surface area (Å²) >= 11 is 0. The molecule has 2 aromatic carbocycles. The molecule has 5 heteroatoms. The zero-order valence-electron chi connectivity index (χ0n) is 17.1. The van der Waals surface area contributed by atoms with Crippen LogP contribution in [0.15, 0.2) is 55.0 Å². The number of imidazole rings is 1. The van der Waals surface area contributed by atoms with Gasteiger partial charge in [-0.05, 0) is 41.7 Å². The SMILES string of the molecule is COc1cc(C(=O)NCc2ccc(C(C)(C)C)cc2)ccc1-n1cnc(C)c1. The maximum atomic E-state index is 12.6. The topological polar surface area (TPSA) is 56.1 Å².